The number of anilines is 1. The molecule has 0 bridgehead atoms. The summed E-state index contributed by atoms with van der Waals surface area (Å²) in [5.41, 5.74) is 7.34. The normalized spacial score (nSPS) is 16.3. The van der Waals surface area contributed by atoms with Crippen molar-refractivity contribution >= 4 is 11.6 Å². The minimum Gasteiger partial charge on any atom is -0.376 e. The van der Waals surface area contributed by atoms with Crippen LogP contribution in [0.5, 0.6) is 0 Å². The van der Waals surface area contributed by atoms with Crippen molar-refractivity contribution in [3.8, 4) is 0 Å². The van der Waals surface area contributed by atoms with E-state index in [2.05, 4.69) is 5.32 Å². The van der Waals surface area contributed by atoms with Gasteiger partial charge in [-0.2, -0.15) is 0 Å². The Morgan fingerprint density at radius 2 is 2.33 bits per heavy atom. The summed E-state index contributed by atoms with van der Waals surface area (Å²) in [4.78, 5) is 11.5. The Labute approximate surface area is 108 Å². The number of nitrogens with one attached hydrogen (secondary N) is 1. The maximum atomic E-state index is 11.5. The van der Waals surface area contributed by atoms with Gasteiger partial charge in [-0.05, 0) is 43.4 Å². The second-order valence-electron chi connectivity index (χ2n) is 4.94. The highest BCUT2D eigenvalue weighted by Crippen LogP contribution is 2.29. The largest absolute Gasteiger partial charge is 0.376 e. The number of carbonyl (C=O) groups excluding carboxylic acids is 1. The summed E-state index contributed by atoms with van der Waals surface area (Å²) in [5.74, 6) is 0.594. The summed E-state index contributed by atoms with van der Waals surface area (Å²) in [6, 6.07) is 7.18. The van der Waals surface area contributed by atoms with E-state index in [0.717, 1.165) is 23.8 Å². The second-order valence-corrected chi connectivity index (χ2v) is 4.94. The average molecular weight is 248 g/mol. The highest BCUT2D eigenvalue weighted by molar-refractivity contribution is 5.94. The zero-order valence-electron chi connectivity index (χ0n) is 10.7. The smallest absolute Gasteiger partial charge is 0.240 e. The van der Waals surface area contributed by atoms with Gasteiger partial charge >= 0.3 is 0 Å². The molecule has 1 aromatic rings. The summed E-state index contributed by atoms with van der Waals surface area (Å²) in [5, 5.41) is 2.77. The third-order valence-corrected chi connectivity index (χ3v) is 2.93. The van der Waals surface area contributed by atoms with Gasteiger partial charge in [0.25, 0.3) is 0 Å². The van der Waals surface area contributed by atoms with Gasteiger partial charge in [-0.3, -0.25) is 4.79 Å². The lowest BCUT2D eigenvalue weighted by Gasteiger charge is -2.09. The molecule has 1 aliphatic carbocycles. The van der Waals surface area contributed by atoms with Gasteiger partial charge < -0.3 is 15.8 Å². The van der Waals surface area contributed by atoms with Gasteiger partial charge in [0.1, 0.15) is 0 Å². The van der Waals surface area contributed by atoms with Crippen LogP contribution in [-0.4, -0.2) is 18.6 Å². The van der Waals surface area contributed by atoms with E-state index in [9.17, 15) is 4.79 Å². The predicted octanol–water partition coefficient (Wildman–Crippen LogP) is 1.90. The lowest BCUT2D eigenvalue weighted by atomic mass is 10.2. The molecular formula is C14H20N2O2. The number of carbonyl (C=O) groups is 1. The van der Waals surface area contributed by atoms with E-state index >= 15 is 0 Å². The van der Waals surface area contributed by atoms with Crippen molar-refractivity contribution in [3.05, 3.63) is 29.8 Å². The molecule has 3 N–H and O–H groups in total. The van der Waals surface area contributed by atoms with Crippen LogP contribution in [0.2, 0.25) is 0 Å². The Morgan fingerprint density at radius 1 is 1.56 bits per heavy atom. The molecule has 18 heavy (non-hydrogen) atoms. The summed E-state index contributed by atoms with van der Waals surface area (Å²) in [6.07, 6.45) is 2.59. The molecule has 0 unspecified atom stereocenters. The minimum atomic E-state index is -0.500. The van der Waals surface area contributed by atoms with Crippen LogP contribution in [0.15, 0.2) is 24.3 Å². The number of amides is 1. The van der Waals surface area contributed by atoms with Crippen LogP contribution in [0.4, 0.5) is 5.69 Å². The quantitative estimate of drug-likeness (QED) is 0.808. The topological polar surface area (TPSA) is 64.4 Å². The Bertz CT molecular complexity index is 414. The predicted molar refractivity (Wildman–Crippen MR) is 71.1 cm³/mol. The van der Waals surface area contributed by atoms with Crippen molar-refractivity contribution in [1.82, 2.24) is 0 Å². The molecule has 0 spiro atoms. The summed E-state index contributed by atoms with van der Waals surface area (Å²) >= 11 is 0. The molecule has 4 nitrogen and oxygen atoms in total. The van der Waals surface area contributed by atoms with Crippen LogP contribution in [0, 0.1) is 5.92 Å². The number of ether oxygens (including phenoxy) is 1. The van der Waals surface area contributed by atoms with E-state index in [1.165, 1.54) is 12.8 Å². The molecular weight excluding hydrogens is 228 g/mol. The van der Waals surface area contributed by atoms with E-state index in [1.807, 2.05) is 24.3 Å². The van der Waals surface area contributed by atoms with Crippen LogP contribution in [-0.2, 0) is 16.1 Å². The van der Waals surface area contributed by atoms with Gasteiger partial charge in [0, 0.05) is 12.3 Å². The van der Waals surface area contributed by atoms with E-state index in [-0.39, 0.29) is 5.91 Å². The zero-order valence-corrected chi connectivity index (χ0v) is 10.7. The van der Waals surface area contributed by atoms with Crippen molar-refractivity contribution in [2.45, 2.75) is 32.4 Å². The Morgan fingerprint density at radius 3 is 3.00 bits per heavy atom. The third kappa shape index (κ3) is 4.13. The molecule has 0 saturated heterocycles. The molecule has 98 valence electrons. The fraction of sp³-hybridized carbons (Fsp3) is 0.500. The number of hydrogen-bond donors (Lipinski definition) is 2. The molecule has 1 aliphatic rings. The van der Waals surface area contributed by atoms with Crippen molar-refractivity contribution in [2.75, 3.05) is 11.9 Å². The first-order valence-electron chi connectivity index (χ1n) is 6.38. The van der Waals surface area contributed by atoms with Gasteiger partial charge in [0.15, 0.2) is 0 Å². The van der Waals surface area contributed by atoms with Crippen LogP contribution >= 0.6 is 0 Å². The molecule has 1 fully saturated rings. The van der Waals surface area contributed by atoms with Gasteiger partial charge in [-0.1, -0.05) is 12.1 Å². The van der Waals surface area contributed by atoms with Crippen LogP contribution < -0.4 is 11.1 Å². The summed E-state index contributed by atoms with van der Waals surface area (Å²) < 4.78 is 5.61. The van der Waals surface area contributed by atoms with E-state index in [4.69, 9.17) is 10.5 Å². The lowest BCUT2D eigenvalue weighted by molar-refractivity contribution is -0.117. The lowest BCUT2D eigenvalue weighted by Crippen LogP contribution is -2.32. The number of benzene rings is 1. The maximum Gasteiger partial charge on any atom is 0.240 e. The first-order valence-corrected chi connectivity index (χ1v) is 6.38. The zero-order chi connectivity index (χ0) is 13.0. The molecule has 0 heterocycles. The SMILES string of the molecule is C[C@H](N)C(=O)Nc1cccc(COCC2CC2)c1. The van der Waals surface area contributed by atoms with E-state index in [1.54, 1.807) is 6.92 Å². The monoisotopic (exact) mass is 248 g/mol. The fourth-order valence-corrected chi connectivity index (χ4v) is 1.62. The van der Waals surface area contributed by atoms with Gasteiger partial charge in [0.2, 0.25) is 5.91 Å². The van der Waals surface area contributed by atoms with E-state index in [0.29, 0.717) is 6.61 Å². The molecule has 4 heteroatoms. The molecule has 1 amide bonds. The Kier molecular flexibility index (Phi) is 4.33. The Balaban J connectivity index is 1.85. The molecule has 0 radical (unpaired) electrons. The summed E-state index contributed by atoms with van der Waals surface area (Å²) in [7, 11) is 0. The van der Waals surface area contributed by atoms with Crippen molar-refractivity contribution in [3.63, 3.8) is 0 Å². The maximum absolute atomic E-state index is 11.5. The molecule has 0 aromatic heterocycles. The molecule has 1 aromatic carbocycles. The minimum absolute atomic E-state index is 0.175. The highest BCUT2D eigenvalue weighted by atomic mass is 16.5. The molecule has 1 atom stereocenters. The van der Waals surface area contributed by atoms with Gasteiger partial charge in [-0.15, -0.1) is 0 Å². The molecule has 0 aliphatic heterocycles. The second kappa shape index (κ2) is 5.98. The van der Waals surface area contributed by atoms with Crippen molar-refractivity contribution < 1.29 is 9.53 Å². The fourth-order valence-electron chi connectivity index (χ4n) is 1.62. The molecule has 2 rings (SSSR count). The standard InChI is InChI=1S/C14H20N2O2/c1-10(15)14(17)16-13-4-2-3-12(7-13)9-18-8-11-5-6-11/h2-4,7,10-11H,5-6,8-9,15H2,1H3,(H,16,17)/t10-/m0/s1. The summed E-state index contributed by atoms with van der Waals surface area (Å²) in [6.45, 7) is 3.10. The Hall–Kier alpha value is -1.39. The number of rotatable bonds is 6. The van der Waals surface area contributed by atoms with Gasteiger partial charge in [0.05, 0.1) is 12.6 Å². The average Bonchev–Trinajstić information content (AvgIpc) is 3.13. The molecule has 1 saturated carbocycles. The number of nitrogens with two attached hydrogens (primary N) is 1. The van der Waals surface area contributed by atoms with E-state index < -0.39 is 6.04 Å². The van der Waals surface area contributed by atoms with Crippen LogP contribution in [0.1, 0.15) is 25.3 Å². The van der Waals surface area contributed by atoms with Crippen LogP contribution in [0.3, 0.4) is 0 Å². The number of hydrogen-bond acceptors (Lipinski definition) is 3. The van der Waals surface area contributed by atoms with Gasteiger partial charge in [-0.25, -0.2) is 0 Å². The highest BCUT2D eigenvalue weighted by Gasteiger charge is 2.21. The van der Waals surface area contributed by atoms with Crippen molar-refractivity contribution in [1.29, 1.82) is 0 Å². The van der Waals surface area contributed by atoms with Crippen LogP contribution in [0.25, 0.3) is 0 Å². The third-order valence-electron chi connectivity index (χ3n) is 2.93. The first kappa shape index (κ1) is 13.1. The van der Waals surface area contributed by atoms with Crippen molar-refractivity contribution in [2.24, 2.45) is 11.7 Å². The first-order chi connectivity index (χ1) is 8.65.